The van der Waals surface area contributed by atoms with E-state index in [9.17, 15) is 5.11 Å². The summed E-state index contributed by atoms with van der Waals surface area (Å²) in [7, 11) is 0. The van der Waals surface area contributed by atoms with Crippen LogP contribution in [-0.4, -0.2) is 48.7 Å². The van der Waals surface area contributed by atoms with E-state index in [0.717, 1.165) is 0 Å². The topological polar surface area (TPSA) is 61.7 Å². The van der Waals surface area contributed by atoms with Crippen LogP contribution >= 0.6 is 0 Å². The second-order valence-electron chi connectivity index (χ2n) is 2.82. The molecule has 0 aliphatic carbocycles. The summed E-state index contributed by atoms with van der Waals surface area (Å²) in [4.78, 5) is 0. The molecular weight excluding hydrogens is 158 g/mol. The Morgan fingerprint density at radius 3 is 2.50 bits per heavy atom. The lowest BCUT2D eigenvalue weighted by Gasteiger charge is -2.12. The number of aliphatic hydroxyl groups is 2. The number of ether oxygens (including phenoxy) is 1. The molecule has 4 nitrogen and oxygen atoms in total. The Kier molecular flexibility index (Phi) is 7.39. The Balaban J connectivity index is 3.13. The molecule has 4 heteroatoms. The third kappa shape index (κ3) is 7.94. The molecule has 2 unspecified atom stereocenters. The van der Waals surface area contributed by atoms with Gasteiger partial charge >= 0.3 is 0 Å². The fourth-order valence-corrected chi connectivity index (χ4v) is 0.772. The van der Waals surface area contributed by atoms with Gasteiger partial charge in [0.05, 0.1) is 18.8 Å². The van der Waals surface area contributed by atoms with Gasteiger partial charge in [0.1, 0.15) is 0 Å². The van der Waals surface area contributed by atoms with Crippen LogP contribution in [0.25, 0.3) is 0 Å². The molecule has 0 aliphatic rings. The van der Waals surface area contributed by atoms with Crippen molar-refractivity contribution in [3.05, 3.63) is 0 Å². The first-order valence-electron chi connectivity index (χ1n) is 4.31. The number of aliphatic hydroxyl groups excluding tert-OH is 2. The summed E-state index contributed by atoms with van der Waals surface area (Å²) >= 11 is 0. The quantitative estimate of drug-likeness (QED) is 0.484. The van der Waals surface area contributed by atoms with E-state index in [0.29, 0.717) is 26.3 Å². The SMILES string of the molecule is CCOCC(O)CNCC(C)O. The van der Waals surface area contributed by atoms with Crippen LogP contribution in [0.2, 0.25) is 0 Å². The highest BCUT2D eigenvalue weighted by atomic mass is 16.5. The van der Waals surface area contributed by atoms with Gasteiger partial charge in [0.2, 0.25) is 0 Å². The number of nitrogens with one attached hydrogen (secondary N) is 1. The van der Waals surface area contributed by atoms with E-state index < -0.39 is 6.10 Å². The highest BCUT2D eigenvalue weighted by molar-refractivity contribution is 4.59. The molecule has 0 saturated carbocycles. The monoisotopic (exact) mass is 177 g/mol. The summed E-state index contributed by atoms with van der Waals surface area (Å²) in [6, 6.07) is 0. The molecule has 3 N–H and O–H groups in total. The third-order valence-electron chi connectivity index (χ3n) is 1.33. The van der Waals surface area contributed by atoms with Crippen molar-refractivity contribution in [1.82, 2.24) is 5.32 Å². The van der Waals surface area contributed by atoms with Gasteiger partial charge in [-0.25, -0.2) is 0 Å². The third-order valence-corrected chi connectivity index (χ3v) is 1.33. The van der Waals surface area contributed by atoms with Gasteiger partial charge in [-0.15, -0.1) is 0 Å². The van der Waals surface area contributed by atoms with Gasteiger partial charge in [-0.05, 0) is 13.8 Å². The lowest BCUT2D eigenvalue weighted by molar-refractivity contribution is 0.0413. The minimum Gasteiger partial charge on any atom is -0.392 e. The van der Waals surface area contributed by atoms with Crippen LogP contribution in [-0.2, 0) is 4.74 Å². The average Bonchev–Trinajstić information content (AvgIpc) is 2.00. The normalized spacial score (nSPS) is 16.0. The average molecular weight is 177 g/mol. The standard InChI is InChI=1S/C8H19NO3/c1-3-12-6-8(11)5-9-4-7(2)10/h7-11H,3-6H2,1-2H3. The number of hydrogen-bond donors (Lipinski definition) is 3. The van der Waals surface area contributed by atoms with Crippen molar-refractivity contribution in [2.75, 3.05) is 26.3 Å². The summed E-state index contributed by atoms with van der Waals surface area (Å²) < 4.78 is 5.00. The molecule has 74 valence electrons. The van der Waals surface area contributed by atoms with E-state index in [1.165, 1.54) is 0 Å². The first kappa shape index (κ1) is 11.8. The van der Waals surface area contributed by atoms with Crippen LogP contribution in [0.4, 0.5) is 0 Å². The Bertz CT molecular complexity index is 98.3. The maximum Gasteiger partial charge on any atom is 0.0897 e. The summed E-state index contributed by atoms with van der Waals surface area (Å²) in [5, 5.41) is 21.0. The predicted octanol–water partition coefficient (Wildman–Crippen LogP) is -0.646. The molecule has 0 bridgehead atoms. The second kappa shape index (κ2) is 7.49. The minimum atomic E-state index is -0.483. The maximum atomic E-state index is 9.22. The van der Waals surface area contributed by atoms with Crippen LogP contribution in [0.3, 0.4) is 0 Å². The maximum absolute atomic E-state index is 9.22. The second-order valence-corrected chi connectivity index (χ2v) is 2.82. The molecule has 0 heterocycles. The summed E-state index contributed by atoms with van der Waals surface area (Å²) in [6.07, 6.45) is -0.854. The molecule has 0 amide bonds. The number of hydrogen-bond acceptors (Lipinski definition) is 4. The molecular formula is C8H19NO3. The molecule has 0 aromatic rings. The zero-order valence-electron chi connectivity index (χ0n) is 7.79. The highest BCUT2D eigenvalue weighted by Crippen LogP contribution is 1.83. The summed E-state index contributed by atoms with van der Waals surface area (Å²) in [6.45, 7) is 5.52. The van der Waals surface area contributed by atoms with Gasteiger partial charge in [0.25, 0.3) is 0 Å². The molecule has 0 spiro atoms. The van der Waals surface area contributed by atoms with E-state index in [1.54, 1.807) is 6.92 Å². The molecule has 0 aliphatic heterocycles. The smallest absolute Gasteiger partial charge is 0.0897 e. The molecule has 0 saturated heterocycles. The number of rotatable bonds is 7. The zero-order chi connectivity index (χ0) is 9.40. The van der Waals surface area contributed by atoms with Crippen LogP contribution in [0, 0.1) is 0 Å². The molecule has 0 aromatic carbocycles. The van der Waals surface area contributed by atoms with E-state index in [-0.39, 0.29) is 6.10 Å². The van der Waals surface area contributed by atoms with Crippen molar-refractivity contribution in [1.29, 1.82) is 0 Å². The van der Waals surface area contributed by atoms with Crippen LogP contribution in [0.15, 0.2) is 0 Å². The van der Waals surface area contributed by atoms with E-state index >= 15 is 0 Å². The Morgan fingerprint density at radius 2 is 2.00 bits per heavy atom. The fourth-order valence-electron chi connectivity index (χ4n) is 0.772. The zero-order valence-corrected chi connectivity index (χ0v) is 7.79. The largest absolute Gasteiger partial charge is 0.392 e. The van der Waals surface area contributed by atoms with Gasteiger partial charge in [-0.1, -0.05) is 0 Å². The van der Waals surface area contributed by atoms with Crippen molar-refractivity contribution in [2.45, 2.75) is 26.1 Å². The van der Waals surface area contributed by atoms with Gasteiger partial charge < -0.3 is 20.3 Å². The van der Waals surface area contributed by atoms with E-state index in [1.807, 2.05) is 6.92 Å². The van der Waals surface area contributed by atoms with Crippen molar-refractivity contribution < 1.29 is 14.9 Å². The lowest BCUT2D eigenvalue weighted by Crippen LogP contribution is -2.34. The Morgan fingerprint density at radius 1 is 1.33 bits per heavy atom. The van der Waals surface area contributed by atoms with Crippen LogP contribution in [0.1, 0.15) is 13.8 Å². The fraction of sp³-hybridized carbons (Fsp3) is 1.00. The molecule has 2 atom stereocenters. The highest BCUT2D eigenvalue weighted by Gasteiger charge is 2.03. The molecule has 0 fully saturated rings. The Labute approximate surface area is 73.5 Å². The van der Waals surface area contributed by atoms with E-state index in [2.05, 4.69) is 5.32 Å². The Hall–Kier alpha value is -0.160. The van der Waals surface area contributed by atoms with Crippen LogP contribution in [0.5, 0.6) is 0 Å². The van der Waals surface area contributed by atoms with Crippen molar-refractivity contribution in [3.63, 3.8) is 0 Å². The van der Waals surface area contributed by atoms with Gasteiger partial charge in [0.15, 0.2) is 0 Å². The van der Waals surface area contributed by atoms with Gasteiger partial charge in [-0.3, -0.25) is 0 Å². The summed E-state index contributed by atoms with van der Waals surface area (Å²) in [5.41, 5.74) is 0. The molecule has 0 aromatic heterocycles. The molecule has 12 heavy (non-hydrogen) atoms. The van der Waals surface area contributed by atoms with Crippen LogP contribution < -0.4 is 5.32 Å². The van der Waals surface area contributed by atoms with Gasteiger partial charge in [-0.2, -0.15) is 0 Å². The first-order valence-corrected chi connectivity index (χ1v) is 4.31. The molecule has 0 rings (SSSR count). The minimum absolute atomic E-state index is 0.351. The van der Waals surface area contributed by atoms with Crippen molar-refractivity contribution in [3.8, 4) is 0 Å². The molecule has 0 radical (unpaired) electrons. The van der Waals surface area contributed by atoms with Crippen molar-refractivity contribution in [2.24, 2.45) is 0 Å². The van der Waals surface area contributed by atoms with E-state index in [4.69, 9.17) is 9.84 Å². The first-order chi connectivity index (χ1) is 5.66. The van der Waals surface area contributed by atoms with Crippen molar-refractivity contribution >= 4 is 0 Å². The predicted molar refractivity (Wildman–Crippen MR) is 47.1 cm³/mol. The summed E-state index contributed by atoms with van der Waals surface area (Å²) in [5.74, 6) is 0. The van der Waals surface area contributed by atoms with Gasteiger partial charge in [0, 0.05) is 19.7 Å². The lowest BCUT2D eigenvalue weighted by atomic mass is 10.3.